The third-order valence-corrected chi connectivity index (χ3v) is 17.0. The van der Waals surface area contributed by atoms with Gasteiger partial charge in [0.25, 0.3) is 0 Å². The molecule has 0 saturated heterocycles. The molecular weight excluding hydrogens is 985 g/mol. The van der Waals surface area contributed by atoms with E-state index in [1.807, 2.05) is 0 Å². The fourth-order valence-corrected chi connectivity index (χ4v) is 11.5. The van der Waals surface area contributed by atoms with Gasteiger partial charge in [0, 0.05) is 19.3 Å². The molecule has 0 N–H and O–H groups in total. The lowest BCUT2D eigenvalue weighted by atomic mass is 10.0. The summed E-state index contributed by atoms with van der Waals surface area (Å²) < 4.78 is 16.9. The van der Waals surface area contributed by atoms with Gasteiger partial charge in [-0.1, -0.05) is 373 Å². The Labute approximate surface area is 501 Å². The molecule has 0 rings (SSSR count). The van der Waals surface area contributed by atoms with Gasteiger partial charge in [-0.15, -0.1) is 0 Å². The second-order valence-corrected chi connectivity index (χ2v) is 25.2. The van der Waals surface area contributed by atoms with E-state index in [2.05, 4.69) is 32.9 Å². The molecule has 0 spiro atoms. The van der Waals surface area contributed by atoms with Crippen LogP contribution >= 0.6 is 0 Å². The van der Waals surface area contributed by atoms with E-state index in [1.54, 1.807) is 0 Å². The molecule has 0 saturated carbocycles. The Kier molecular flexibility index (Phi) is 68.0. The van der Waals surface area contributed by atoms with E-state index in [9.17, 15) is 14.4 Å². The number of hydrogen-bond acceptors (Lipinski definition) is 6. The van der Waals surface area contributed by atoms with Gasteiger partial charge in [-0.3, -0.25) is 14.4 Å². The summed E-state index contributed by atoms with van der Waals surface area (Å²) >= 11 is 0. The fraction of sp³-hybridized carbons (Fsp3) is 0.932. The molecule has 0 aliphatic heterocycles. The van der Waals surface area contributed by atoms with E-state index >= 15 is 0 Å². The first-order chi connectivity index (χ1) is 39.5. The zero-order valence-electron chi connectivity index (χ0n) is 54.6. The quantitative estimate of drug-likeness (QED) is 0.0261. The van der Waals surface area contributed by atoms with Crippen LogP contribution in [-0.2, 0) is 28.6 Å². The molecule has 0 aliphatic carbocycles. The molecule has 0 bridgehead atoms. The van der Waals surface area contributed by atoms with Crippen LogP contribution in [0.2, 0.25) is 0 Å². The molecule has 0 aromatic heterocycles. The fourth-order valence-electron chi connectivity index (χ4n) is 11.5. The van der Waals surface area contributed by atoms with Crippen LogP contribution in [0.5, 0.6) is 0 Å². The first-order valence-electron chi connectivity index (χ1n) is 36.7. The summed E-state index contributed by atoms with van der Waals surface area (Å²) in [6.45, 7) is 6.68. The van der Waals surface area contributed by atoms with Crippen LogP contribution < -0.4 is 0 Å². The predicted molar refractivity (Wildman–Crippen MR) is 349 cm³/mol. The van der Waals surface area contributed by atoms with Crippen molar-refractivity contribution < 1.29 is 28.6 Å². The smallest absolute Gasteiger partial charge is 0.306 e. The highest BCUT2D eigenvalue weighted by molar-refractivity contribution is 5.71. The summed E-state index contributed by atoms with van der Waals surface area (Å²) in [6, 6.07) is 0. The first-order valence-corrected chi connectivity index (χ1v) is 36.7. The minimum Gasteiger partial charge on any atom is -0.462 e. The zero-order chi connectivity index (χ0) is 57.8. The Balaban J connectivity index is 3.91. The molecule has 0 amide bonds. The summed E-state index contributed by atoms with van der Waals surface area (Å²) in [4.78, 5) is 38.2. The monoisotopic (exact) mass is 1130 g/mol. The van der Waals surface area contributed by atoms with Crippen molar-refractivity contribution in [1.82, 2.24) is 0 Å². The van der Waals surface area contributed by atoms with Crippen molar-refractivity contribution in [1.29, 1.82) is 0 Å². The van der Waals surface area contributed by atoms with E-state index in [0.29, 0.717) is 19.3 Å². The molecule has 0 fully saturated rings. The number of rotatable bonds is 69. The van der Waals surface area contributed by atoms with Crippen molar-refractivity contribution in [3.8, 4) is 0 Å². The van der Waals surface area contributed by atoms with Gasteiger partial charge >= 0.3 is 17.9 Å². The van der Waals surface area contributed by atoms with Crippen molar-refractivity contribution in [2.75, 3.05) is 13.2 Å². The third-order valence-electron chi connectivity index (χ3n) is 17.0. The lowest BCUT2D eigenvalue weighted by molar-refractivity contribution is -0.167. The van der Waals surface area contributed by atoms with Gasteiger partial charge < -0.3 is 14.2 Å². The van der Waals surface area contributed by atoms with Crippen molar-refractivity contribution in [3.05, 3.63) is 12.2 Å². The second-order valence-electron chi connectivity index (χ2n) is 25.2. The Morgan fingerprint density at radius 1 is 0.237 bits per heavy atom. The highest BCUT2D eigenvalue weighted by Crippen LogP contribution is 2.19. The van der Waals surface area contributed by atoms with Gasteiger partial charge in [0.2, 0.25) is 0 Å². The maximum Gasteiger partial charge on any atom is 0.306 e. The third kappa shape index (κ3) is 66.9. The van der Waals surface area contributed by atoms with Gasteiger partial charge in [-0.25, -0.2) is 0 Å². The minimum atomic E-state index is -0.763. The first kappa shape index (κ1) is 78.1. The van der Waals surface area contributed by atoms with E-state index in [-0.39, 0.29) is 31.1 Å². The van der Waals surface area contributed by atoms with Crippen LogP contribution in [0.25, 0.3) is 0 Å². The van der Waals surface area contributed by atoms with Crippen molar-refractivity contribution in [3.63, 3.8) is 0 Å². The molecule has 6 heteroatoms. The van der Waals surface area contributed by atoms with E-state index < -0.39 is 6.10 Å². The van der Waals surface area contributed by atoms with Gasteiger partial charge in [0.05, 0.1) is 0 Å². The number of carbonyl (C=O) groups is 3. The maximum atomic E-state index is 12.9. The largest absolute Gasteiger partial charge is 0.462 e. The standard InChI is InChI=1S/C74H142O6/c1-4-7-10-13-16-18-20-22-24-26-28-30-31-32-33-34-35-36-37-38-39-40-41-42-43-44-46-47-49-51-53-55-58-61-64-67-73(76)79-70-71(69-78-72(75)66-63-60-57-15-12-9-6-3)80-74(77)68-65-62-59-56-54-52-50-48-45-29-27-25-23-21-19-17-14-11-8-5-2/h26,28,71H,4-25,27,29-70H2,1-3H3/b28-26-. The highest BCUT2D eigenvalue weighted by Gasteiger charge is 2.20. The van der Waals surface area contributed by atoms with Crippen LogP contribution in [0.15, 0.2) is 12.2 Å². The van der Waals surface area contributed by atoms with Crippen LogP contribution in [0.1, 0.15) is 425 Å². The Morgan fingerprint density at radius 2 is 0.412 bits per heavy atom. The topological polar surface area (TPSA) is 78.9 Å². The number of unbranched alkanes of at least 4 members (excludes halogenated alkanes) is 56. The summed E-state index contributed by atoms with van der Waals surface area (Å²) in [7, 11) is 0. The van der Waals surface area contributed by atoms with Crippen LogP contribution in [0.3, 0.4) is 0 Å². The average molecular weight is 1130 g/mol. The Morgan fingerprint density at radius 3 is 0.625 bits per heavy atom. The lowest BCUT2D eigenvalue weighted by Gasteiger charge is -2.18. The van der Waals surface area contributed by atoms with Crippen LogP contribution in [0, 0.1) is 0 Å². The normalized spacial score (nSPS) is 12.0. The zero-order valence-corrected chi connectivity index (χ0v) is 54.6. The molecule has 1 unspecified atom stereocenters. The van der Waals surface area contributed by atoms with E-state index in [1.165, 1.54) is 327 Å². The lowest BCUT2D eigenvalue weighted by Crippen LogP contribution is -2.30. The minimum absolute atomic E-state index is 0.0624. The summed E-state index contributed by atoms with van der Waals surface area (Å²) in [6.07, 6.45) is 84.4. The molecule has 80 heavy (non-hydrogen) atoms. The molecule has 474 valence electrons. The SMILES string of the molecule is CCCCCCCCCC/C=C\CCCCCCCCCCCCCCCCCCCCCCCCCC(=O)OCC(COC(=O)CCCCCCCCC)OC(=O)CCCCCCCCCCCCCCCCCCCCCC. The average Bonchev–Trinajstić information content (AvgIpc) is 3.46. The van der Waals surface area contributed by atoms with E-state index in [4.69, 9.17) is 14.2 Å². The molecule has 0 radical (unpaired) electrons. The molecule has 6 nitrogen and oxygen atoms in total. The second kappa shape index (κ2) is 69.6. The van der Waals surface area contributed by atoms with Crippen molar-refractivity contribution >= 4 is 17.9 Å². The van der Waals surface area contributed by atoms with Crippen molar-refractivity contribution in [2.24, 2.45) is 0 Å². The van der Waals surface area contributed by atoms with Gasteiger partial charge in [-0.05, 0) is 44.9 Å². The molecule has 0 aliphatic rings. The number of ether oxygens (including phenoxy) is 3. The molecule has 0 aromatic carbocycles. The van der Waals surface area contributed by atoms with Gasteiger partial charge in [0.1, 0.15) is 13.2 Å². The Bertz CT molecular complexity index is 1250. The summed E-state index contributed by atoms with van der Waals surface area (Å²) in [5, 5.41) is 0. The Hall–Kier alpha value is -1.85. The number of allylic oxidation sites excluding steroid dienone is 2. The molecule has 0 heterocycles. The number of esters is 3. The number of hydrogen-bond donors (Lipinski definition) is 0. The summed E-state index contributed by atoms with van der Waals surface area (Å²) in [5.74, 6) is -0.836. The number of carbonyl (C=O) groups excluding carboxylic acids is 3. The summed E-state index contributed by atoms with van der Waals surface area (Å²) in [5.41, 5.74) is 0. The van der Waals surface area contributed by atoms with Gasteiger partial charge in [-0.2, -0.15) is 0 Å². The maximum absolute atomic E-state index is 12.9. The molecule has 1 atom stereocenters. The van der Waals surface area contributed by atoms with Crippen molar-refractivity contribution in [2.45, 2.75) is 431 Å². The predicted octanol–water partition coefficient (Wildman–Crippen LogP) is 25.2. The van der Waals surface area contributed by atoms with Crippen LogP contribution in [0.4, 0.5) is 0 Å². The van der Waals surface area contributed by atoms with E-state index in [0.717, 1.165) is 57.8 Å². The molecular formula is C74H142O6. The molecule has 0 aromatic rings. The van der Waals surface area contributed by atoms with Gasteiger partial charge in [0.15, 0.2) is 6.10 Å². The van der Waals surface area contributed by atoms with Crippen LogP contribution in [-0.4, -0.2) is 37.2 Å². The highest BCUT2D eigenvalue weighted by atomic mass is 16.6.